The second-order valence-electron chi connectivity index (χ2n) is 7.20. The van der Waals surface area contributed by atoms with Crippen LogP contribution in [0.5, 0.6) is 11.5 Å². The predicted octanol–water partition coefficient (Wildman–Crippen LogP) is 3.93. The Morgan fingerprint density at radius 2 is 1.77 bits per heavy atom. The summed E-state index contributed by atoms with van der Waals surface area (Å²) in [5.41, 5.74) is 0.847. The molecular weight excluding hydrogens is 442 g/mol. The van der Waals surface area contributed by atoms with Crippen molar-refractivity contribution in [1.82, 2.24) is 4.31 Å². The van der Waals surface area contributed by atoms with Crippen molar-refractivity contribution >= 4 is 27.4 Å². The van der Waals surface area contributed by atoms with Gasteiger partial charge in [0.1, 0.15) is 18.1 Å². The highest BCUT2D eigenvalue weighted by Gasteiger charge is 2.26. The number of ketones is 1. The second kappa shape index (κ2) is 10.5. The van der Waals surface area contributed by atoms with Gasteiger partial charge in [-0.3, -0.25) is 4.79 Å². The van der Waals surface area contributed by atoms with Crippen LogP contribution in [0.4, 0.5) is 0 Å². The van der Waals surface area contributed by atoms with Crippen LogP contribution < -0.4 is 9.47 Å². The summed E-state index contributed by atoms with van der Waals surface area (Å²) < 4.78 is 43.3. The molecule has 0 bridgehead atoms. The lowest BCUT2D eigenvalue weighted by Gasteiger charge is -2.26. The van der Waals surface area contributed by atoms with Crippen molar-refractivity contribution in [2.75, 3.05) is 33.9 Å². The summed E-state index contributed by atoms with van der Waals surface area (Å²) in [7, 11) is -0.588. The fourth-order valence-electron chi connectivity index (χ4n) is 3.44. The lowest BCUT2D eigenvalue weighted by Crippen LogP contribution is -2.35. The first-order valence-electron chi connectivity index (χ1n) is 9.98. The number of piperidine rings is 1. The molecule has 1 fully saturated rings. The third-order valence-electron chi connectivity index (χ3n) is 5.17. The Hall–Kier alpha value is -2.13. The smallest absolute Gasteiger partial charge is 0.243 e. The quantitative estimate of drug-likeness (QED) is 0.520. The Labute approximate surface area is 187 Å². The molecule has 2 aromatic rings. The number of ether oxygens (including phenoxy) is 3. The molecular formula is C22H26ClNO6S. The maximum Gasteiger partial charge on any atom is 0.243 e. The van der Waals surface area contributed by atoms with Gasteiger partial charge in [0, 0.05) is 18.1 Å². The molecule has 1 heterocycles. The number of halogens is 1. The number of carbonyl (C=O) groups is 1. The van der Waals surface area contributed by atoms with Crippen LogP contribution in [0.3, 0.4) is 0 Å². The van der Waals surface area contributed by atoms with Crippen molar-refractivity contribution in [1.29, 1.82) is 0 Å². The minimum atomic E-state index is -3.58. The average molecular weight is 468 g/mol. The molecule has 0 spiro atoms. The molecule has 0 aromatic heterocycles. The van der Waals surface area contributed by atoms with Gasteiger partial charge >= 0.3 is 0 Å². The van der Waals surface area contributed by atoms with E-state index in [1.165, 1.54) is 30.7 Å². The SMILES string of the molecule is COc1ccc(OC)c(C(=O)COCc2cc(S(=O)(=O)N3CCCCC3)ccc2Cl)c1. The Morgan fingerprint density at radius 3 is 2.45 bits per heavy atom. The molecule has 0 aliphatic carbocycles. The molecule has 1 aliphatic rings. The number of hydrogen-bond donors (Lipinski definition) is 0. The monoisotopic (exact) mass is 467 g/mol. The molecule has 7 nitrogen and oxygen atoms in total. The lowest BCUT2D eigenvalue weighted by atomic mass is 10.1. The van der Waals surface area contributed by atoms with E-state index >= 15 is 0 Å². The first-order chi connectivity index (χ1) is 14.9. The standard InChI is InChI=1S/C22H26ClNO6S/c1-28-17-6-9-22(29-2)19(13-17)21(25)15-30-14-16-12-18(7-8-20(16)23)31(26,27)24-10-4-3-5-11-24/h6-9,12-13H,3-5,10-11,14-15H2,1-2H3. The number of methoxy groups -OCH3 is 2. The minimum Gasteiger partial charge on any atom is -0.497 e. The van der Waals surface area contributed by atoms with Crippen LogP contribution in [-0.2, 0) is 21.4 Å². The molecule has 1 aliphatic heterocycles. The summed E-state index contributed by atoms with van der Waals surface area (Å²) >= 11 is 6.24. The first kappa shape index (κ1) is 23.5. The van der Waals surface area contributed by atoms with E-state index in [1.54, 1.807) is 24.3 Å². The minimum absolute atomic E-state index is 0.000216. The highest BCUT2D eigenvalue weighted by Crippen LogP contribution is 2.27. The third-order valence-corrected chi connectivity index (χ3v) is 7.43. The van der Waals surface area contributed by atoms with Crippen molar-refractivity contribution in [3.8, 4) is 11.5 Å². The van der Waals surface area contributed by atoms with Crippen LogP contribution in [0.15, 0.2) is 41.3 Å². The normalized spacial score (nSPS) is 14.9. The fraction of sp³-hybridized carbons (Fsp3) is 0.409. The number of hydrogen-bond acceptors (Lipinski definition) is 6. The number of rotatable bonds is 9. The van der Waals surface area contributed by atoms with Crippen LogP contribution in [0.25, 0.3) is 0 Å². The Kier molecular flexibility index (Phi) is 7.94. The highest BCUT2D eigenvalue weighted by atomic mass is 35.5. The van der Waals surface area contributed by atoms with Crippen LogP contribution in [0, 0.1) is 0 Å². The van der Waals surface area contributed by atoms with E-state index < -0.39 is 10.0 Å². The molecule has 9 heteroatoms. The Morgan fingerprint density at radius 1 is 1.03 bits per heavy atom. The number of carbonyl (C=O) groups excluding carboxylic acids is 1. The highest BCUT2D eigenvalue weighted by molar-refractivity contribution is 7.89. The van der Waals surface area contributed by atoms with Gasteiger partial charge < -0.3 is 14.2 Å². The van der Waals surface area contributed by atoms with Gasteiger partial charge in [0.25, 0.3) is 0 Å². The molecule has 31 heavy (non-hydrogen) atoms. The van der Waals surface area contributed by atoms with Crippen molar-refractivity contribution in [2.45, 2.75) is 30.8 Å². The topological polar surface area (TPSA) is 82.1 Å². The summed E-state index contributed by atoms with van der Waals surface area (Å²) in [4.78, 5) is 12.8. The molecule has 3 rings (SSSR count). The van der Waals surface area contributed by atoms with E-state index in [0.717, 1.165) is 19.3 Å². The van der Waals surface area contributed by atoms with E-state index in [1.807, 2.05) is 0 Å². The van der Waals surface area contributed by atoms with Gasteiger partial charge in [-0.2, -0.15) is 4.31 Å². The maximum atomic E-state index is 12.9. The average Bonchev–Trinajstić information content (AvgIpc) is 2.80. The zero-order chi connectivity index (χ0) is 22.4. The maximum absolute atomic E-state index is 12.9. The number of sulfonamides is 1. The van der Waals surface area contributed by atoms with E-state index in [-0.39, 0.29) is 23.9 Å². The summed E-state index contributed by atoms with van der Waals surface area (Å²) in [6.07, 6.45) is 2.76. The van der Waals surface area contributed by atoms with Gasteiger partial charge in [0.2, 0.25) is 10.0 Å². The van der Waals surface area contributed by atoms with E-state index in [0.29, 0.717) is 40.7 Å². The molecule has 1 saturated heterocycles. The van der Waals surface area contributed by atoms with Gasteiger partial charge in [0.05, 0.1) is 31.3 Å². The molecule has 0 saturated carbocycles. The van der Waals surface area contributed by atoms with Gasteiger partial charge in [-0.15, -0.1) is 0 Å². The molecule has 0 N–H and O–H groups in total. The Bertz CT molecular complexity index is 1030. The van der Waals surface area contributed by atoms with Crippen LogP contribution in [0.2, 0.25) is 5.02 Å². The van der Waals surface area contributed by atoms with E-state index in [2.05, 4.69) is 0 Å². The molecule has 168 valence electrons. The van der Waals surface area contributed by atoms with Crippen molar-refractivity contribution < 1.29 is 27.4 Å². The largest absolute Gasteiger partial charge is 0.497 e. The molecule has 0 radical (unpaired) electrons. The fourth-order valence-corrected chi connectivity index (χ4v) is 5.18. The van der Waals surface area contributed by atoms with Crippen LogP contribution in [0.1, 0.15) is 35.2 Å². The van der Waals surface area contributed by atoms with Gasteiger partial charge in [-0.05, 0) is 54.8 Å². The summed E-state index contributed by atoms with van der Waals surface area (Å²) in [5, 5.41) is 0.379. The number of benzene rings is 2. The first-order valence-corrected chi connectivity index (χ1v) is 11.8. The second-order valence-corrected chi connectivity index (χ2v) is 9.55. The van der Waals surface area contributed by atoms with Gasteiger partial charge in [0.15, 0.2) is 5.78 Å². The summed E-state index contributed by atoms with van der Waals surface area (Å²) in [5.74, 6) is 0.661. The third kappa shape index (κ3) is 5.57. The van der Waals surface area contributed by atoms with Crippen molar-refractivity contribution in [3.05, 3.63) is 52.5 Å². The van der Waals surface area contributed by atoms with Gasteiger partial charge in [-0.1, -0.05) is 18.0 Å². The molecule has 0 atom stereocenters. The van der Waals surface area contributed by atoms with Crippen molar-refractivity contribution in [3.63, 3.8) is 0 Å². The number of Topliss-reactive ketones (excluding diaryl/α,β-unsaturated/α-hetero) is 1. The van der Waals surface area contributed by atoms with E-state index in [9.17, 15) is 13.2 Å². The summed E-state index contributed by atoms with van der Waals surface area (Å²) in [6.45, 7) is 0.824. The van der Waals surface area contributed by atoms with Gasteiger partial charge in [-0.25, -0.2) is 8.42 Å². The molecule has 2 aromatic carbocycles. The summed E-state index contributed by atoms with van der Waals surface area (Å²) in [6, 6.07) is 9.50. The predicted molar refractivity (Wildman–Crippen MR) is 118 cm³/mol. The lowest BCUT2D eigenvalue weighted by molar-refractivity contribution is 0.0723. The van der Waals surface area contributed by atoms with E-state index in [4.69, 9.17) is 25.8 Å². The Balaban J connectivity index is 1.70. The zero-order valence-corrected chi connectivity index (χ0v) is 19.2. The van der Waals surface area contributed by atoms with Crippen LogP contribution >= 0.6 is 11.6 Å². The molecule has 0 amide bonds. The molecule has 0 unspecified atom stereocenters. The zero-order valence-electron chi connectivity index (χ0n) is 17.6. The van der Waals surface area contributed by atoms with Crippen LogP contribution in [-0.4, -0.2) is 52.4 Å². The van der Waals surface area contributed by atoms with Crippen molar-refractivity contribution in [2.24, 2.45) is 0 Å². The number of nitrogens with zero attached hydrogens (tertiary/aromatic N) is 1.